The van der Waals surface area contributed by atoms with Crippen molar-refractivity contribution in [1.82, 2.24) is 4.98 Å². The molecule has 4 heteroatoms. The second-order valence-corrected chi connectivity index (χ2v) is 5.29. The van der Waals surface area contributed by atoms with Crippen LogP contribution in [-0.2, 0) is 0 Å². The van der Waals surface area contributed by atoms with Crippen molar-refractivity contribution in [3.05, 3.63) is 57.7 Å². The standard InChI is InChI=1S/C15H14BrN3/c1-10-3-4-13(9-17)15(18-10)19-11(2)12-5-7-14(16)8-6-12/h3-8,11H,1-2H3,(H,18,19). The van der Waals surface area contributed by atoms with Crippen molar-refractivity contribution in [3.63, 3.8) is 0 Å². The lowest BCUT2D eigenvalue weighted by Gasteiger charge is -2.16. The maximum absolute atomic E-state index is 9.09. The highest BCUT2D eigenvalue weighted by Gasteiger charge is 2.09. The summed E-state index contributed by atoms with van der Waals surface area (Å²) in [5.74, 6) is 0.637. The Kier molecular flexibility index (Phi) is 4.18. The molecule has 0 bridgehead atoms. The van der Waals surface area contributed by atoms with Crippen molar-refractivity contribution < 1.29 is 0 Å². The summed E-state index contributed by atoms with van der Waals surface area (Å²) in [7, 11) is 0. The van der Waals surface area contributed by atoms with Crippen molar-refractivity contribution in [2.75, 3.05) is 5.32 Å². The lowest BCUT2D eigenvalue weighted by atomic mass is 10.1. The molecule has 96 valence electrons. The molecule has 0 saturated heterocycles. The fraction of sp³-hybridized carbons (Fsp3) is 0.200. The van der Waals surface area contributed by atoms with E-state index >= 15 is 0 Å². The molecular weight excluding hydrogens is 302 g/mol. The number of halogens is 1. The Morgan fingerprint density at radius 3 is 2.53 bits per heavy atom. The summed E-state index contributed by atoms with van der Waals surface area (Å²) >= 11 is 3.42. The van der Waals surface area contributed by atoms with Crippen LogP contribution in [0.1, 0.15) is 29.8 Å². The molecule has 0 saturated carbocycles. The fourth-order valence-electron chi connectivity index (χ4n) is 1.80. The molecule has 0 aliphatic rings. The number of hydrogen-bond acceptors (Lipinski definition) is 3. The van der Waals surface area contributed by atoms with Crippen LogP contribution in [0.5, 0.6) is 0 Å². The molecule has 0 spiro atoms. The van der Waals surface area contributed by atoms with E-state index < -0.39 is 0 Å². The molecule has 1 atom stereocenters. The number of nitriles is 1. The zero-order valence-electron chi connectivity index (χ0n) is 10.8. The first kappa shape index (κ1) is 13.6. The number of nitrogens with one attached hydrogen (secondary N) is 1. The Morgan fingerprint density at radius 2 is 1.89 bits per heavy atom. The predicted octanol–water partition coefficient (Wildman–Crippen LogP) is 4.20. The molecule has 3 nitrogen and oxygen atoms in total. The third-order valence-electron chi connectivity index (χ3n) is 2.88. The zero-order chi connectivity index (χ0) is 13.8. The average Bonchev–Trinajstić information content (AvgIpc) is 2.39. The molecule has 1 unspecified atom stereocenters. The van der Waals surface area contributed by atoms with Crippen LogP contribution in [0.3, 0.4) is 0 Å². The Hall–Kier alpha value is -1.86. The van der Waals surface area contributed by atoms with Gasteiger partial charge in [-0.3, -0.25) is 0 Å². The van der Waals surface area contributed by atoms with Crippen LogP contribution in [0.4, 0.5) is 5.82 Å². The number of benzene rings is 1. The normalized spacial score (nSPS) is 11.7. The molecule has 0 aliphatic carbocycles. The Balaban J connectivity index is 2.23. The topological polar surface area (TPSA) is 48.7 Å². The van der Waals surface area contributed by atoms with Gasteiger partial charge >= 0.3 is 0 Å². The first-order chi connectivity index (χ1) is 9.10. The quantitative estimate of drug-likeness (QED) is 0.923. The number of aryl methyl sites for hydroxylation is 1. The highest BCUT2D eigenvalue weighted by Crippen LogP contribution is 2.22. The Bertz CT molecular complexity index is 614. The van der Waals surface area contributed by atoms with Crippen molar-refractivity contribution >= 4 is 21.7 Å². The number of anilines is 1. The molecule has 19 heavy (non-hydrogen) atoms. The molecule has 0 radical (unpaired) electrons. The number of hydrogen-bond donors (Lipinski definition) is 1. The number of nitrogens with zero attached hydrogens (tertiary/aromatic N) is 2. The van der Waals surface area contributed by atoms with Gasteiger partial charge in [-0.05, 0) is 43.7 Å². The molecule has 1 heterocycles. The molecule has 1 aromatic carbocycles. The smallest absolute Gasteiger partial charge is 0.144 e. The molecule has 0 fully saturated rings. The second kappa shape index (κ2) is 5.85. The van der Waals surface area contributed by atoms with Gasteiger partial charge in [-0.15, -0.1) is 0 Å². The van der Waals surface area contributed by atoms with E-state index in [0.717, 1.165) is 15.7 Å². The van der Waals surface area contributed by atoms with E-state index in [1.165, 1.54) is 0 Å². The Morgan fingerprint density at radius 1 is 1.21 bits per heavy atom. The monoisotopic (exact) mass is 315 g/mol. The maximum Gasteiger partial charge on any atom is 0.144 e. The minimum absolute atomic E-state index is 0.0921. The van der Waals surface area contributed by atoms with Gasteiger partial charge < -0.3 is 5.32 Å². The lowest BCUT2D eigenvalue weighted by Crippen LogP contribution is -2.09. The van der Waals surface area contributed by atoms with Gasteiger partial charge in [-0.2, -0.15) is 5.26 Å². The molecular formula is C15H14BrN3. The highest BCUT2D eigenvalue weighted by molar-refractivity contribution is 9.10. The largest absolute Gasteiger partial charge is 0.362 e. The molecule has 2 rings (SSSR count). The maximum atomic E-state index is 9.09. The van der Waals surface area contributed by atoms with Gasteiger partial charge in [0.2, 0.25) is 0 Å². The molecule has 0 aliphatic heterocycles. The zero-order valence-corrected chi connectivity index (χ0v) is 12.4. The van der Waals surface area contributed by atoms with Gasteiger partial charge in [-0.25, -0.2) is 4.98 Å². The van der Waals surface area contributed by atoms with E-state index in [1.54, 1.807) is 6.07 Å². The van der Waals surface area contributed by atoms with Crippen LogP contribution < -0.4 is 5.32 Å². The van der Waals surface area contributed by atoms with Crippen LogP contribution in [-0.4, -0.2) is 4.98 Å². The van der Waals surface area contributed by atoms with E-state index in [9.17, 15) is 0 Å². The summed E-state index contributed by atoms with van der Waals surface area (Å²) in [4.78, 5) is 4.38. The summed E-state index contributed by atoms with van der Waals surface area (Å²) in [5.41, 5.74) is 2.61. The summed E-state index contributed by atoms with van der Waals surface area (Å²) in [5, 5.41) is 12.4. The van der Waals surface area contributed by atoms with Crippen LogP contribution >= 0.6 is 15.9 Å². The van der Waals surface area contributed by atoms with Gasteiger partial charge in [0.15, 0.2) is 0 Å². The fourth-order valence-corrected chi connectivity index (χ4v) is 2.06. The lowest BCUT2D eigenvalue weighted by molar-refractivity contribution is 0.871. The third-order valence-corrected chi connectivity index (χ3v) is 3.41. The van der Waals surface area contributed by atoms with Gasteiger partial charge in [0, 0.05) is 16.2 Å². The molecule has 0 amide bonds. The van der Waals surface area contributed by atoms with Gasteiger partial charge in [0.05, 0.1) is 5.56 Å². The van der Waals surface area contributed by atoms with E-state index in [-0.39, 0.29) is 6.04 Å². The number of aromatic nitrogens is 1. The SMILES string of the molecule is Cc1ccc(C#N)c(NC(C)c2ccc(Br)cc2)n1. The predicted molar refractivity (Wildman–Crippen MR) is 79.9 cm³/mol. The minimum Gasteiger partial charge on any atom is -0.362 e. The van der Waals surface area contributed by atoms with Crippen LogP contribution in [0.2, 0.25) is 0 Å². The summed E-state index contributed by atoms with van der Waals surface area (Å²) in [6.45, 7) is 3.96. The van der Waals surface area contributed by atoms with Gasteiger partial charge in [0.25, 0.3) is 0 Å². The first-order valence-corrected chi connectivity index (χ1v) is 6.79. The molecule has 1 aromatic heterocycles. The summed E-state index contributed by atoms with van der Waals surface area (Å²) < 4.78 is 1.05. The van der Waals surface area contributed by atoms with Crippen LogP contribution in [0.15, 0.2) is 40.9 Å². The van der Waals surface area contributed by atoms with E-state index in [0.29, 0.717) is 11.4 Å². The van der Waals surface area contributed by atoms with Crippen molar-refractivity contribution in [2.45, 2.75) is 19.9 Å². The minimum atomic E-state index is 0.0921. The third kappa shape index (κ3) is 3.33. The van der Waals surface area contributed by atoms with Crippen molar-refractivity contribution in [1.29, 1.82) is 5.26 Å². The van der Waals surface area contributed by atoms with Gasteiger partial charge in [0.1, 0.15) is 11.9 Å². The highest BCUT2D eigenvalue weighted by atomic mass is 79.9. The van der Waals surface area contributed by atoms with E-state index in [1.807, 2.05) is 37.3 Å². The van der Waals surface area contributed by atoms with E-state index in [2.05, 4.69) is 39.2 Å². The van der Waals surface area contributed by atoms with Crippen molar-refractivity contribution in [3.8, 4) is 6.07 Å². The van der Waals surface area contributed by atoms with Crippen LogP contribution in [0, 0.1) is 18.3 Å². The number of pyridine rings is 1. The van der Waals surface area contributed by atoms with E-state index in [4.69, 9.17) is 5.26 Å². The summed E-state index contributed by atoms with van der Waals surface area (Å²) in [6, 6.07) is 14.0. The second-order valence-electron chi connectivity index (χ2n) is 4.38. The molecule has 2 aromatic rings. The summed E-state index contributed by atoms with van der Waals surface area (Å²) in [6.07, 6.45) is 0. The van der Waals surface area contributed by atoms with Crippen molar-refractivity contribution in [2.24, 2.45) is 0 Å². The van der Waals surface area contributed by atoms with Crippen LogP contribution in [0.25, 0.3) is 0 Å². The number of rotatable bonds is 3. The Labute approximate surface area is 121 Å². The van der Waals surface area contributed by atoms with Gasteiger partial charge in [-0.1, -0.05) is 28.1 Å². The molecule has 1 N–H and O–H groups in total. The average molecular weight is 316 g/mol. The first-order valence-electron chi connectivity index (χ1n) is 6.00.